The van der Waals surface area contributed by atoms with E-state index in [0.29, 0.717) is 5.56 Å². The number of aliphatic hydroxyl groups excluding tert-OH is 1. The summed E-state index contributed by atoms with van der Waals surface area (Å²) in [6, 6.07) is 3.49. The normalized spacial score (nSPS) is 9.80. The zero-order valence-electron chi connectivity index (χ0n) is 5.21. The lowest BCUT2D eigenvalue weighted by atomic mass is 10.2. The van der Waals surface area contributed by atoms with Crippen molar-refractivity contribution in [3.63, 3.8) is 0 Å². The lowest BCUT2D eigenvalue weighted by Gasteiger charge is -1.98. The van der Waals surface area contributed by atoms with Crippen LogP contribution in [0, 0.1) is 5.82 Å². The quantitative estimate of drug-likeness (QED) is 0.614. The molecule has 0 saturated carbocycles. The number of aliphatic hydroxyl groups is 1. The van der Waals surface area contributed by atoms with Gasteiger partial charge in [0, 0.05) is 11.6 Å². The maximum absolute atomic E-state index is 12.2. The Bertz CT molecular complexity index is 235. The third-order valence-electron chi connectivity index (χ3n) is 1.22. The summed E-state index contributed by atoms with van der Waals surface area (Å²) >= 11 is 0. The van der Waals surface area contributed by atoms with Crippen LogP contribution in [0.4, 0.5) is 4.39 Å². The summed E-state index contributed by atoms with van der Waals surface area (Å²) in [6.45, 7) is -0.272. The molecular formula is C7H7FO2. The van der Waals surface area contributed by atoms with Crippen LogP contribution < -0.4 is 0 Å². The van der Waals surface area contributed by atoms with E-state index in [9.17, 15) is 4.39 Å². The average molecular weight is 142 g/mol. The van der Waals surface area contributed by atoms with Crippen LogP contribution in [-0.2, 0) is 6.61 Å². The Morgan fingerprint density at radius 3 is 2.60 bits per heavy atom. The van der Waals surface area contributed by atoms with E-state index in [0.717, 1.165) is 6.07 Å². The number of halogens is 1. The fraction of sp³-hybridized carbons (Fsp3) is 0.143. The molecule has 0 aliphatic heterocycles. The highest BCUT2D eigenvalue weighted by Crippen LogP contribution is 2.17. The minimum absolute atomic E-state index is 0.206. The molecule has 0 fully saturated rings. The second-order valence-electron chi connectivity index (χ2n) is 1.93. The first-order valence-electron chi connectivity index (χ1n) is 2.82. The smallest absolute Gasteiger partial charge is 0.126 e. The first-order chi connectivity index (χ1) is 4.74. The fourth-order valence-corrected chi connectivity index (χ4v) is 0.671. The molecule has 2 N–H and O–H groups in total. The number of benzene rings is 1. The summed E-state index contributed by atoms with van der Waals surface area (Å²) in [7, 11) is 0. The summed E-state index contributed by atoms with van der Waals surface area (Å²) in [5.74, 6) is -0.711. The average Bonchev–Trinajstić information content (AvgIpc) is 1.88. The van der Waals surface area contributed by atoms with Gasteiger partial charge in [-0.05, 0) is 6.07 Å². The van der Waals surface area contributed by atoms with Crippen molar-refractivity contribution < 1.29 is 14.6 Å². The van der Waals surface area contributed by atoms with E-state index in [1.54, 1.807) is 0 Å². The lowest BCUT2D eigenvalue weighted by molar-refractivity contribution is 0.275. The van der Waals surface area contributed by atoms with Gasteiger partial charge >= 0.3 is 0 Å². The van der Waals surface area contributed by atoms with Crippen molar-refractivity contribution >= 4 is 0 Å². The fourth-order valence-electron chi connectivity index (χ4n) is 0.671. The van der Waals surface area contributed by atoms with Crippen molar-refractivity contribution in [1.82, 2.24) is 0 Å². The van der Waals surface area contributed by atoms with E-state index in [2.05, 4.69) is 0 Å². The zero-order valence-corrected chi connectivity index (χ0v) is 5.21. The highest BCUT2D eigenvalue weighted by atomic mass is 19.1. The Morgan fingerprint density at radius 1 is 1.40 bits per heavy atom. The third kappa shape index (κ3) is 1.25. The first kappa shape index (κ1) is 7.02. The van der Waals surface area contributed by atoms with Crippen molar-refractivity contribution in [3.8, 4) is 5.75 Å². The van der Waals surface area contributed by atoms with Gasteiger partial charge in [0.05, 0.1) is 6.61 Å². The molecule has 0 aliphatic rings. The van der Waals surface area contributed by atoms with Crippen molar-refractivity contribution in [1.29, 1.82) is 0 Å². The standard InChI is InChI=1S/C7H7FO2/c8-6-2-1-5(4-9)7(10)3-6/h1-3,9-10H,4H2. The SMILES string of the molecule is OCc1ccc(F)cc1O. The molecule has 0 saturated heterocycles. The number of hydrogen-bond donors (Lipinski definition) is 2. The van der Waals surface area contributed by atoms with Gasteiger partial charge in [-0.1, -0.05) is 6.07 Å². The van der Waals surface area contributed by atoms with Gasteiger partial charge in [0.2, 0.25) is 0 Å². The Balaban J connectivity index is 3.07. The molecule has 1 aromatic carbocycles. The molecule has 10 heavy (non-hydrogen) atoms. The molecule has 2 nitrogen and oxygen atoms in total. The van der Waals surface area contributed by atoms with E-state index in [-0.39, 0.29) is 12.4 Å². The van der Waals surface area contributed by atoms with Gasteiger partial charge < -0.3 is 10.2 Å². The first-order valence-corrected chi connectivity index (χ1v) is 2.82. The molecule has 0 bridgehead atoms. The van der Waals surface area contributed by atoms with Gasteiger partial charge in [0.15, 0.2) is 0 Å². The van der Waals surface area contributed by atoms with Gasteiger partial charge in [0.25, 0.3) is 0 Å². The topological polar surface area (TPSA) is 40.5 Å². The van der Waals surface area contributed by atoms with Crippen LogP contribution in [0.2, 0.25) is 0 Å². The van der Waals surface area contributed by atoms with E-state index >= 15 is 0 Å². The second kappa shape index (κ2) is 2.66. The van der Waals surface area contributed by atoms with E-state index < -0.39 is 5.82 Å². The Labute approximate surface area is 57.6 Å². The van der Waals surface area contributed by atoms with E-state index in [4.69, 9.17) is 10.2 Å². The maximum atomic E-state index is 12.2. The summed E-state index contributed by atoms with van der Waals surface area (Å²) in [4.78, 5) is 0. The molecule has 0 heterocycles. The van der Waals surface area contributed by atoms with E-state index in [1.165, 1.54) is 12.1 Å². The lowest BCUT2D eigenvalue weighted by Crippen LogP contribution is -1.84. The molecule has 54 valence electrons. The van der Waals surface area contributed by atoms with Crippen LogP contribution in [0.15, 0.2) is 18.2 Å². The molecule has 3 heteroatoms. The molecular weight excluding hydrogens is 135 g/mol. The Kier molecular flexibility index (Phi) is 1.87. The van der Waals surface area contributed by atoms with Gasteiger partial charge in [-0.15, -0.1) is 0 Å². The molecule has 1 aromatic rings. The van der Waals surface area contributed by atoms with Crippen molar-refractivity contribution in [2.24, 2.45) is 0 Å². The van der Waals surface area contributed by atoms with Crippen LogP contribution in [-0.4, -0.2) is 10.2 Å². The van der Waals surface area contributed by atoms with Crippen LogP contribution in [0.25, 0.3) is 0 Å². The Morgan fingerprint density at radius 2 is 2.10 bits per heavy atom. The minimum Gasteiger partial charge on any atom is -0.507 e. The molecule has 0 amide bonds. The van der Waals surface area contributed by atoms with Gasteiger partial charge in [-0.2, -0.15) is 0 Å². The molecule has 0 aliphatic carbocycles. The highest BCUT2D eigenvalue weighted by Gasteiger charge is 1.99. The number of hydrogen-bond acceptors (Lipinski definition) is 2. The zero-order chi connectivity index (χ0) is 7.56. The third-order valence-corrected chi connectivity index (χ3v) is 1.22. The summed E-state index contributed by atoms with van der Waals surface area (Å²) in [6.07, 6.45) is 0. The molecule has 0 aromatic heterocycles. The Hall–Kier alpha value is -1.09. The summed E-state index contributed by atoms with van der Waals surface area (Å²) < 4.78 is 12.2. The molecule has 1 rings (SSSR count). The molecule has 0 unspecified atom stereocenters. The highest BCUT2D eigenvalue weighted by molar-refractivity contribution is 5.31. The van der Waals surface area contributed by atoms with Crippen LogP contribution in [0.3, 0.4) is 0 Å². The molecule has 0 radical (unpaired) electrons. The van der Waals surface area contributed by atoms with Crippen LogP contribution in [0.1, 0.15) is 5.56 Å². The number of rotatable bonds is 1. The van der Waals surface area contributed by atoms with E-state index in [1.807, 2.05) is 0 Å². The van der Waals surface area contributed by atoms with Crippen molar-refractivity contribution in [2.75, 3.05) is 0 Å². The van der Waals surface area contributed by atoms with Crippen LogP contribution >= 0.6 is 0 Å². The molecule has 0 spiro atoms. The van der Waals surface area contributed by atoms with Gasteiger partial charge in [-0.3, -0.25) is 0 Å². The number of phenols is 1. The van der Waals surface area contributed by atoms with Crippen LogP contribution in [0.5, 0.6) is 5.75 Å². The summed E-state index contributed by atoms with van der Waals surface area (Å²) in [5, 5.41) is 17.4. The van der Waals surface area contributed by atoms with Crippen molar-refractivity contribution in [3.05, 3.63) is 29.6 Å². The minimum atomic E-state index is -0.505. The predicted molar refractivity (Wildman–Crippen MR) is 34.0 cm³/mol. The predicted octanol–water partition coefficient (Wildman–Crippen LogP) is 1.02. The monoisotopic (exact) mass is 142 g/mol. The van der Waals surface area contributed by atoms with Gasteiger partial charge in [0.1, 0.15) is 11.6 Å². The molecule has 0 atom stereocenters. The maximum Gasteiger partial charge on any atom is 0.126 e. The number of aromatic hydroxyl groups is 1. The summed E-state index contributed by atoms with van der Waals surface area (Å²) in [5.41, 5.74) is 0.335. The second-order valence-corrected chi connectivity index (χ2v) is 1.93. The van der Waals surface area contributed by atoms with Crippen molar-refractivity contribution in [2.45, 2.75) is 6.61 Å². The van der Waals surface area contributed by atoms with Gasteiger partial charge in [-0.25, -0.2) is 4.39 Å². The largest absolute Gasteiger partial charge is 0.507 e.